The summed E-state index contributed by atoms with van der Waals surface area (Å²) in [5.41, 5.74) is 0.536. The van der Waals surface area contributed by atoms with E-state index in [9.17, 15) is 14.0 Å². The first-order valence-electron chi connectivity index (χ1n) is 8.67. The van der Waals surface area contributed by atoms with Crippen molar-refractivity contribution in [3.8, 4) is 0 Å². The number of carbonyl (C=O) groups is 2. The maximum absolute atomic E-state index is 13.8. The number of thioether (sulfide) groups is 1. The molecule has 2 fully saturated rings. The minimum atomic E-state index is -0.470. The molecule has 1 aromatic rings. The second-order valence-corrected chi connectivity index (χ2v) is 7.91. The zero-order valence-electron chi connectivity index (χ0n) is 14.3. The SMILES string of the molecule is CNCC1CCN(C(=O)C2CSC(Cc3ccccc3F)C(=O)N2)C1. The Kier molecular flexibility index (Phi) is 5.96. The third-order valence-electron chi connectivity index (χ3n) is 4.82. The Labute approximate surface area is 151 Å². The number of amides is 2. The molecule has 25 heavy (non-hydrogen) atoms. The van der Waals surface area contributed by atoms with Crippen molar-refractivity contribution >= 4 is 23.6 Å². The minimum Gasteiger partial charge on any atom is -0.343 e. The number of rotatable bonds is 5. The molecular weight excluding hydrogens is 341 g/mol. The summed E-state index contributed by atoms with van der Waals surface area (Å²) in [7, 11) is 1.91. The van der Waals surface area contributed by atoms with Gasteiger partial charge in [-0.1, -0.05) is 18.2 Å². The van der Waals surface area contributed by atoms with Crippen LogP contribution in [0, 0.1) is 11.7 Å². The first-order valence-corrected chi connectivity index (χ1v) is 9.72. The van der Waals surface area contributed by atoms with Crippen LogP contribution in [-0.4, -0.2) is 60.4 Å². The fourth-order valence-electron chi connectivity index (χ4n) is 3.45. The van der Waals surface area contributed by atoms with Gasteiger partial charge in [-0.05, 0) is 44.0 Å². The Morgan fingerprint density at radius 1 is 1.44 bits per heavy atom. The molecule has 1 aromatic carbocycles. The second-order valence-electron chi connectivity index (χ2n) is 6.68. The van der Waals surface area contributed by atoms with Gasteiger partial charge in [0.2, 0.25) is 11.8 Å². The average molecular weight is 365 g/mol. The summed E-state index contributed by atoms with van der Waals surface area (Å²) in [6.45, 7) is 2.40. The van der Waals surface area contributed by atoms with Gasteiger partial charge in [0.25, 0.3) is 0 Å². The molecule has 7 heteroatoms. The number of carbonyl (C=O) groups excluding carboxylic acids is 2. The van der Waals surface area contributed by atoms with Gasteiger partial charge in [-0.15, -0.1) is 11.8 Å². The molecule has 0 spiro atoms. The fraction of sp³-hybridized carbons (Fsp3) is 0.556. The topological polar surface area (TPSA) is 61.4 Å². The number of nitrogens with zero attached hydrogens (tertiary/aromatic N) is 1. The van der Waals surface area contributed by atoms with E-state index in [2.05, 4.69) is 10.6 Å². The summed E-state index contributed by atoms with van der Waals surface area (Å²) in [6, 6.07) is 6.04. The van der Waals surface area contributed by atoms with Crippen LogP contribution in [-0.2, 0) is 16.0 Å². The first-order chi connectivity index (χ1) is 12.1. The highest BCUT2D eigenvalue weighted by molar-refractivity contribution is 8.00. The van der Waals surface area contributed by atoms with Gasteiger partial charge in [-0.3, -0.25) is 9.59 Å². The Bertz CT molecular complexity index is 643. The molecule has 0 saturated carbocycles. The van der Waals surface area contributed by atoms with E-state index in [-0.39, 0.29) is 22.9 Å². The van der Waals surface area contributed by atoms with E-state index in [0.717, 1.165) is 26.1 Å². The van der Waals surface area contributed by atoms with Crippen LogP contribution in [0.4, 0.5) is 4.39 Å². The molecular formula is C18H24FN3O2S. The van der Waals surface area contributed by atoms with Gasteiger partial charge in [0.1, 0.15) is 11.9 Å². The van der Waals surface area contributed by atoms with E-state index < -0.39 is 6.04 Å². The zero-order valence-corrected chi connectivity index (χ0v) is 15.2. The normalized spacial score (nSPS) is 26.6. The number of likely N-dealkylation sites (tertiary alicyclic amines) is 1. The van der Waals surface area contributed by atoms with Crippen LogP contribution < -0.4 is 10.6 Å². The largest absolute Gasteiger partial charge is 0.343 e. The molecule has 3 rings (SSSR count). The van der Waals surface area contributed by atoms with E-state index in [1.54, 1.807) is 18.2 Å². The third-order valence-corrected chi connectivity index (χ3v) is 6.13. The van der Waals surface area contributed by atoms with Crippen molar-refractivity contribution in [2.75, 3.05) is 32.4 Å². The van der Waals surface area contributed by atoms with Gasteiger partial charge < -0.3 is 15.5 Å². The lowest BCUT2D eigenvalue weighted by Gasteiger charge is -2.31. The molecule has 0 radical (unpaired) electrons. The molecule has 2 saturated heterocycles. The summed E-state index contributed by atoms with van der Waals surface area (Å²) >= 11 is 1.44. The molecule has 3 unspecified atom stereocenters. The zero-order chi connectivity index (χ0) is 17.8. The Morgan fingerprint density at radius 2 is 2.24 bits per heavy atom. The molecule has 2 amide bonds. The molecule has 2 heterocycles. The third kappa shape index (κ3) is 4.33. The summed E-state index contributed by atoms with van der Waals surface area (Å²) in [5.74, 6) is 0.556. The van der Waals surface area contributed by atoms with Gasteiger partial charge in [-0.25, -0.2) is 4.39 Å². The van der Waals surface area contributed by atoms with E-state index >= 15 is 0 Å². The number of halogens is 1. The molecule has 2 N–H and O–H groups in total. The van der Waals surface area contributed by atoms with Gasteiger partial charge in [-0.2, -0.15) is 0 Å². The molecule has 0 aliphatic carbocycles. The molecule has 2 aliphatic rings. The number of hydrogen-bond donors (Lipinski definition) is 2. The quantitative estimate of drug-likeness (QED) is 0.818. The van der Waals surface area contributed by atoms with Crippen LogP contribution in [0.25, 0.3) is 0 Å². The lowest BCUT2D eigenvalue weighted by molar-refractivity contribution is -0.135. The van der Waals surface area contributed by atoms with Crippen molar-refractivity contribution < 1.29 is 14.0 Å². The monoisotopic (exact) mass is 365 g/mol. The minimum absolute atomic E-state index is 0.00351. The van der Waals surface area contributed by atoms with Crippen molar-refractivity contribution in [3.05, 3.63) is 35.6 Å². The molecule has 136 valence electrons. The van der Waals surface area contributed by atoms with Crippen LogP contribution in [0.15, 0.2) is 24.3 Å². The molecule has 5 nitrogen and oxygen atoms in total. The highest BCUT2D eigenvalue weighted by atomic mass is 32.2. The van der Waals surface area contributed by atoms with Gasteiger partial charge in [0, 0.05) is 18.8 Å². The van der Waals surface area contributed by atoms with Gasteiger partial charge in [0.05, 0.1) is 5.25 Å². The van der Waals surface area contributed by atoms with Crippen LogP contribution >= 0.6 is 11.8 Å². The van der Waals surface area contributed by atoms with Crippen molar-refractivity contribution in [1.82, 2.24) is 15.5 Å². The summed E-state index contributed by atoms with van der Waals surface area (Å²) in [6.07, 6.45) is 1.34. The van der Waals surface area contributed by atoms with Crippen molar-refractivity contribution in [3.63, 3.8) is 0 Å². The summed E-state index contributed by atoms with van der Waals surface area (Å²) in [4.78, 5) is 26.9. The Balaban J connectivity index is 1.54. The Morgan fingerprint density at radius 3 is 2.96 bits per heavy atom. The van der Waals surface area contributed by atoms with Crippen molar-refractivity contribution in [1.29, 1.82) is 0 Å². The van der Waals surface area contributed by atoms with E-state index in [0.29, 0.717) is 23.7 Å². The van der Waals surface area contributed by atoms with Crippen molar-refractivity contribution in [2.45, 2.75) is 24.1 Å². The summed E-state index contributed by atoms with van der Waals surface area (Å²) < 4.78 is 13.8. The van der Waals surface area contributed by atoms with Gasteiger partial charge in [0.15, 0.2) is 0 Å². The van der Waals surface area contributed by atoms with Crippen LogP contribution in [0.3, 0.4) is 0 Å². The highest BCUT2D eigenvalue weighted by Crippen LogP contribution is 2.25. The van der Waals surface area contributed by atoms with E-state index in [1.165, 1.54) is 17.8 Å². The lowest BCUT2D eigenvalue weighted by atomic mass is 10.1. The second kappa shape index (κ2) is 8.19. The number of benzene rings is 1. The number of nitrogens with one attached hydrogen (secondary N) is 2. The standard InChI is InChI=1S/C18H24FN3O2S/c1-20-9-12-6-7-22(10-12)18(24)15-11-25-16(17(23)21-15)8-13-4-2-3-5-14(13)19/h2-5,12,15-16,20H,6-11H2,1H3,(H,21,23). The van der Waals surface area contributed by atoms with Gasteiger partial charge >= 0.3 is 0 Å². The van der Waals surface area contributed by atoms with E-state index in [1.807, 2.05) is 11.9 Å². The predicted octanol–water partition coefficient (Wildman–Crippen LogP) is 1.04. The average Bonchev–Trinajstić information content (AvgIpc) is 3.07. The maximum Gasteiger partial charge on any atom is 0.246 e. The fourth-order valence-corrected chi connectivity index (χ4v) is 4.62. The maximum atomic E-state index is 13.8. The van der Waals surface area contributed by atoms with Crippen LogP contribution in [0.2, 0.25) is 0 Å². The van der Waals surface area contributed by atoms with Crippen LogP contribution in [0.1, 0.15) is 12.0 Å². The predicted molar refractivity (Wildman–Crippen MR) is 96.9 cm³/mol. The molecule has 3 atom stereocenters. The molecule has 0 aromatic heterocycles. The van der Waals surface area contributed by atoms with Crippen LogP contribution in [0.5, 0.6) is 0 Å². The Hall–Kier alpha value is -1.60. The smallest absolute Gasteiger partial charge is 0.246 e. The first kappa shape index (κ1) is 18.2. The highest BCUT2D eigenvalue weighted by Gasteiger charge is 2.36. The van der Waals surface area contributed by atoms with Crippen molar-refractivity contribution in [2.24, 2.45) is 5.92 Å². The lowest BCUT2D eigenvalue weighted by Crippen LogP contribution is -2.55. The molecule has 0 bridgehead atoms. The number of hydrogen-bond acceptors (Lipinski definition) is 4. The van der Waals surface area contributed by atoms with E-state index in [4.69, 9.17) is 0 Å². The molecule has 2 aliphatic heterocycles. The summed E-state index contributed by atoms with van der Waals surface area (Å²) in [5, 5.41) is 5.64.